The fraction of sp³-hybridized carbons (Fsp3) is 0.438. The monoisotopic (exact) mass is 256 g/mol. The minimum atomic E-state index is 0.0374. The lowest BCUT2D eigenvalue weighted by Gasteiger charge is -2.27. The maximum absolute atomic E-state index is 9.42. The van der Waals surface area contributed by atoms with Crippen molar-refractivity contribution < 1.29 is 5.11 Å². The lowest BCUT2D eigenvalue weighted by Crippen LogP contribution is -2.31. The summed E-state index contributed by atoms with van der Waals surface area (Å²) in [7, 11) is 2.12. The third kappa shape index (κ3) is 2.19. The molecular formula is C16H20N2O. The first kappa shape index (κ1) is 12.4. The van der Waals surface area contributed by atoms with Gasteiger partial charge in [-0.05, 0) is 31.1 Å². The number of aliphatic hydroxyl groups excluding tert-OH is 1. The molecule has 0 bridgehead atoms. The molecular weight excluding hydrogens is 236 g/mol. The summed E-state index contributed by atoms with van der Waals surface area (Å²) < 4.78 is 0. The minimum absolute atomic E-state index is 0.0374. The molecule has 3 nitrogen and oxygen atoms in total. The zero-order valence-electron chi connectivity index (χ0n) is 11.5. The summed E-state index contributed by atoms with van der Waals surface area (Å²) in [5, 5.41) is 11.6. The van der Waals surface area contributed by atoms with Crippen molar-refractivity contribution in [3.63, 3.8) is 0 Å². The van der Waals surface area contributed by atoms with E-state index in [2.05, 4.69) is 36.0 Å². The second-order valence-corrected chi connectivity index (χ2v) is 5.50. The quantitative estimate of drug-likeness (QED) is 0.913. The molecule has 1 fully saturated rings. The van der Waals surface area contributed by atoms with Gasteiger partial charge in [0.25, 0.3) is 0 Å². The third-order valence-corrected chi connectivity index (χ3v) is 4.28. The van der Waals surface area contributed by atoms with E-state index in [4.69, 9.17) is 0 Å². The molecule has 1 aliphatic carbocycles. The zero-order valence-corrected chi connectivity index (χ0v) is 11.5. The number of aromatic nitrogens is 1. The number of pyridine rings is 1. The van der Waals surface area contributed by atoms with Gasteiger partial charge in [0, 0.05) is 30.2 Å². The van der Waals surface area contributed by atoms with Crippen molar-refractivity contribution in [3.8, 4) is 0 Å². The number of benzene rings is 1. The third-order valence-electron chi connectivity index (χ3n) is 4.28. The molecule has 100 valence electrons. The van der Waals surface area contributed by atoms with E-state index in [0.29, 0.717) is 6.04 Å². The van der Waals surface area contributed by atoms with Crippen LogP contribution in [0, 0.1) is 5.92 Å². The average Bonchev–Trinajstić information content (AvgIpc) is 3.29. The summed E-state index contributed by atoms with van der Waals surface area (Å²) in [6, 6.07) is 8.71. The van der Waals surface area contributed by atoms with Crippen LogP contribution < -0.4 is 4.90 Å². The molecule has 1 heterocycles. The Kier molecular flexibility index (Phi) is 3.15. The number of hydrogen-bond donors (Lipinski definition) is 1. The Labute approximate surface area is 113 Å². The van der Waals surface area contributed by atoms with Gasteiger partial charge in [-0.2, -0.15) is 0 Å². The van der Waals surface area contributed by atoms with Crippen LogP contribution >= 0.6 is 0 Å². The summed E-state index contributed by atoms with van der Waals surface area (Å²) in [4.78, 5) is 6.85. The average molecular weight is 256 g/mol. The number of anilines is 1. The van der Waals surface area contributed by atoms with E-state index in [0.717, 1.165) is 28.1 Å². The van der Waals surface area contributed by atoms with E-state index in [1.807, 2.05) is 12.1 Å². The Morgan fingerprint density at radius 1 is 1.32 bits per heavy atom. The Morgan fingerprint density at radius 3 is 2.63 bits per heavy atom. The Hall–Kier alpha value is -1.61. The van der Waals surface area contributed by atoms with Gasteiger partial charge in [0.2, 0.25) is 0 Å². The molecule has 3 heteroatoms. The summed E-state index contributed by atoms with van der Waals surface area (Å²) in [6.07, 6.45) is 4.46. The van der Waals surface area contributed by atoms with Crippen LogP contribution in [0.2, 0.25) is 0 Å². The van der Waals surface area contributed by atoms with Crippen molar-refractivity contribution >= 4 is 16.6 Å². The molecule has 3 rings (SSSR count). The van der Waals surface area contributed by atoms with Crippen LogP contribution in [0.5, 0.6) is 0 Å². The number of hydrogen-bond acceptors (Lipinski definition) is 3. The van der Waals surface area contributed by atoms with Crippen LogP contribution in [0.15, 0.2) is 30.5 Å². The maximum Gasteiger partial charge on any atom is 0.136 e. The number of fused-ring (bicyclic) bond motifs is 1. The SMILES string of the molecule is CC(C1CC1)N(C)c1ncc(CO)c2ccccc12. The first-order valence-electron chi connectivity index (χ1n) is 6.92. The Balaban J connectivity index is 2.08. The molecule has 0 saturated heterocycles. The zero-order chi connectivity index (χ0) is 13.4. The Bertz CT molecular complexity index is 592. The van der Waals surface area contributed by atoms with Crippen molar-refractivity contribution in [3.05, 3.63) is 36.0 Å². The highest BCUT2D eigenvalue weighted by Crippen LogP contribution is 2.37. The van der Waals surface area contributed by atoms with E-state index >= 15 is 0 Å². The number of rotatable bonds is 4. The van der Waals surface area contributed by atoms with Crippen molar-refractivity contribution in [1.29, 1.82) is 0 Å². The van der Waals surface area contributed by atoms with Crippen LogP contribution in [0.4, 0.5) is 5.82 Å². The highest BCUT2D eigenvalue weighted by atomic mass is 16.3. The normalized spacial score (nSPS) is 16.6. The smallest absolute Gasteiger partial charge is 0.136 e. The fourth-order valence-electron chi connectivity index (χ4n) is 2.73. The van der Waals surface area contributed by atoms with Crippen molar-refractivity contribution in [2.75, 3.05) is 11.9 Å². The largest absolute Gasteiger partial charge is 0.392 e. The predicted molar refractivity (Wildman–Crippen MR) is 78.3 cm³/mol. The van der Waals surface area contributed by atoms with Gasteiger partial charge in [-0.3, -0.25) is 0 Å². The summed E-state index contributed by atoms with van der Waals surface area (Å²) in [5.74, 6) is 1.83. The molecule has 1 aromatic heterocycles. The van der Waals surface area contributed by atoms with E-state index in [1.165, 1.54) is 12.8 Å². The van der Waals surface area contributed by atoms with E-state index in [-0.39, 0.29) is 6.61 Å². The van der Waals surface area contributed by atoms with Gasteiger partial charge in [0.15, 0.2) is 0 Å². The Morgan fingerprint density at radius 2 is 2.00 bits per heavy atom. The van der Waals surface area contributed by atoms with E-state index in [9.17, 15) is 5.11 Å². The molecule has 1 atom stereocenters. The van der Waals surface area contributed by atoms with Crippen LogP contribution in [0.3, 0.4) is 0 Å². The minimum Gasteiger partial charge on any atom is -0.392 e. The van der Waals surface area contributed by atoms with E-state index in [1.54, 1.807) is 6.20 Å². The topological polar surface area (TPSA) is 36.4 Å². The summed E-state index contributed by atoms with van der Waals surface area (Å²) in [6.45, 7) is 2.31. The van der Waals surface area contributed by atoms with Crippen molar-refractivity contribution in [1.82, 2.24) is 4.98 Å². The van der Waals surface area contributed by atoms with Crippen LogP contribution in [-0.4, -0.2) is 23.2 Å². The second kappa shape index (κ2) is 4.82. The molecule has 0 radical (unpaired) electrons. The molecule has 0 aliphatic heterocycles. The maximum atomic E-state index is 9.42. The van der Waals surface area contributed by atoms with Gasteiger partial charge in [-0.15, -0.1) is 0 Å². The van der Waals surface area contributed by atoms with Gasteiger partial charge in [0.1, 0.15) is 5.82 Å². The van der Waals surface area contributed by atoms with Crippen LogP contribution in [0.25, 0.3) is 10.8 Å². The highest BCUT2D eigenvalue weighted by Gasteiger charge is 2.31. The fourth-order valence-corrected chi connectivity index (χ4v) is 2.73. The molecule has 1 N–H and O–H groups in total. The van der Waals surface area contributed by atoms with Gasteiger partial charge in [-0.1, -0.05) is 24.3 Å². The van der Waals surface area contributed by atoms with Gasteiger partial charge in [-0.25, -0.2) is 4.98 Å². The number of nitrogens with zero attached hydrogens (tertiary/aromatic N) is 2. The highest BCUT2D eigenvalue weighted by molar-refractivity contribution is 5.94. The van der Waals surface area contributed by atoms with Crippen molar-refractivity contribution in [2.24, 2.45) is 5.92 Å². The lowest BCUT2D eigenvalue weighted by atomic mass is 10.1. The van der Waals surface area contributed by atoms with Gasteiger partial charge >= 0.3 is 0 Å². The molecule has 19 heavy (non-hydrogen) atoms. The first-order chi connectivity index (χ1) is 9.22. The standard InChI is InChI=1S/C16H20N2O/c1-11(12-7-8-12)18(2)16-15-6-4-3-5-14(15)13(10-19)9-17-16/h3-6,9,11-12,19H,7-8,10H2,1-2H3. The molecule has 1 aliphatic rings. The van der Waals surface area contributed by atoms with Crippen molar-refractivity contribution in [2.45, 2.75) is 32.4 Å². The molecule has 2 aromatic rings. The summed E-state index contributed by atoms with van der Waals surface area (Å²) >= 11 is 0. The lowest BCUT2D eigenvalue weighted by molar-refractivity contribution is 0.283. The summed E-state index contributed by atoms with van der Waals surface area (Å²) in [5.41, 5.74) is 0.895. The molecule has 0 amide bonds. The van der Waals surface area contributed by atoms with Gasteiger partial charge in [0.05, 0.1) is 6.61 Å². The molecule has 0 spiro atoms. The second-order valence-electron chi connectivity index (χ2n) is 5.50. The first-order valence-corrected chi connectivity index (χ1v) is 6.92. The van der Waals surface area contributed by atoms with Crippen LogP contribution in [-0.2, 0) is 6.61 Å². The molecule has 1 unspecified atom stereocenters. The number of aliphatic hydroxyl groups is 1. The van der Waals surface area contributed by atoms with Crippen LogP contribution in [0.1, 0.15) is 25.3 Å². The molecule has 1 aromatic carbocycles. The predicted octanol–water partition coefficient (Wildman–Crippen LogP) is 2.96. The van der Waals surface area contributed by atoms with E-state index < -0.39 is 0 Å². The molecule has 1 saturated carbocycles. The van der Waals surface area contributed by atoms with Gasteiger partial charge < -0.3 is 10.0 Å².